The fraction of sp³-hybridized carbons (Fsp3) is 0. The monoisotopic (exact) mass is 829 g/mol. The van der Waals surface area contributed by atoms with Crippen LogP contribution in [0.15, 0.2) is 217 Å². The highest BCUT2D eigenvalue weighted by molar-refractivity contribution is 6.22. The minimum Gasteiger partial charge on any atom is -0.456 e. The van der Waals surface area contributed by atoms with Gasteiger partial charge in [-0.1, -0.05) is 146 Å². The molecule has 0 saturated heterocycles. The lowest BCUT2D eigenvalue weighted by Crippen LogP contribution is -2.04. The van der Waals surface area contributed by atoms with Gasteiger partial charge in [0, 0.05) is 54.5 Å². The maximum Gasteiger partial charge on any atom is 0.166 e. The van der Waals surface area contributed by atoms with Gasteiger partial charge in [-0.3, -0.25) is 0 Å². The molecule has 0 bridgehead atoms. The molecule has 0 aliphatic rings. The minimum absolute atomic E-state index is 0.559. The summed E-state index contributed by atoms with van der Waals surface area (Å²) in [5.74, 6) is 1.73. The van der Waals surface area contributed by atoms with Gasteiger partial charge in [-0.05, 0) is 82.9 Å². The van der Waals surface area contributed by atoms with E-state index in [1.807, 2.05) is 30.3 Å². The third kappa shape index (κ3) is 5.38. The number of fused-ring (bicyclic) bond motifs is 12. The highest BCUT2D eigenvalue weighted by Gasteiger charge is 2.26. The van der Waals surface area contributed by atoms with Gasteiger partial charge >= 0.3 is 0 Å². The van der Waals surface area contributed by atoms with Crippen LogP contribution in [0, 0.1) is 0 Å². The largest absolute Gasteiger partial charge is 0.456 e. The summed E-state index contributed by atoms with van der Waals surface area (Å²) in [5.41, 5.74) is 10.8. The topological polar surface area (TPSA) is 61.7 Å². The molecule has 0 unspecified atom stereocenters. The lowest BCUT2D eigenvalue weighted by atomic mass is 10.0. The van der Waals surface area contributed by atoms with Gasteiger partial charge in [0.05, 0.1) is 33.3 Å². The van der Waals surface area contributed by atoms with Crippen molar-refractivity contribution in [1.82, 2.24) is 24.1 Å². The van der Waals surface area contributed by atoms with Gasteiger partial charge in [0.15, 0.2) is 17.5 Å². The summed E-state index contributed by atoms with van der Waals surface area (Å²) in [6.07, 6.45) is 0. The van der Waals surface area contributed by atoms with Gasteiger partial charge in [-0.15, -0.1) is 0 Å². The number of hydrogen-bond donors (Lipinski definition) is 0. The van der Waals surface area contributed by atoms with Crippen LogP contribution in [-0.4, -0.2) is 24.1 Å². The maximum absolute atomic E-state index is 6.66. The van der Waals surface area contributed by atoms with Crippen LogP contribution in [0.4, 0.5) is 0 Å². The van der Waals surface area contributed by atoms with Gasteiger partial charge in [0.2, 0.25) is 0 Å². The Labute approximate surface area is 371 Å². The van der Waals surface area contributed by atoms with E-state index in [9.17, 15) is 0 Å². The predicted octanol–water partition coefficient (Wildman–Crippen LogP) is 15.3. The zero-order valence-electron chi connectivity index (χ0n) is 34.9. The number of hydrogen-bond acceptors (Lipinski definition) is 4. The SMILES string of the molecule is c1ccc(-c2nc(-c3ccc4c(c3)c3ccccc3n4-c3ccccc3)nc(-c3c(-n4c5cc6ccccc6cc5c5ccc6ccccc6c54)ccc4oc5ccccc5c34)n2)cc1. The summed E-state index contributed by atoms with van der Waals surface area (Å²) in [6.45, 7) is 0. The third-order valence-electron chi connectivity index (χ3n) is 13.1. The summed E-state index contributed by atoms with van der Waals surface area (Å²) in [7, 11) is 0. The lowest BCUT2D eigenvalue weighted by molar-refractivity contribution is 0.669. The fourth-order valence-corrected chi connectivity index (χ4v) is 10.2. The van der Waals surface area contributed by atoms with Crippen molar-refractivity contribution in [3.63, 3.8) is 0 Å². The molecule has 0 N–H and O–H groups in total. The molecular weight excluding hydrogens is 795 g/mol. The zero-order valence-corrected chi connectivity index (χ0v) is 34.9. The quantitative estimate of drug-likeness (QED) is 0.173. The van der Waals surface area contributed by atoms with Gasteiger partial charge < -0.3 is 13.6 Å². The molecule has 0 amide bonds. The Balaban J connectivity index is 1.11. The predicted molar refractivity (Wildman–Crippen MR) is 267 cm³/mol. The van der Waals surface area contributed by atoms with E-state index >= 15 is 0 Å². The molecule has 0 radical (unpaired) electrons. The van der Waals surface area contributed by atoms with E-state index in [0.717, 1.165) is 88.2 Å². The second-order valence-corrected chi connectivity index (χ2v) is 16.8. The molecule has 302 valence electrons. The van der Waals surface area contributed by atoms with Crippen molar-refractivity contribution in [2.45, 2.75) is 0 Å². The van der Waals surface area contributed by atoms with Crippen LogP contribution >= 0.6 is 0 Å². The number of para-hydroxylation sites is 3. The van der Waals surface area contributed by atoms with Gasteiger partial charge in [0.25, 0.3) is 0 Å². The minimum atomic E-state index is 0.559. The highest BCUT2D eigenvalue weighted by Crippen LogP contribution is 2.45. The number of benzene rings is 10. The average molecular weight is 830 g/mol. The fourth-order valence-electron chi connectivity index (χ4n) is 10.2. The Morgan fingerprint density at radius 3 is 1.80 bits per heavy atom. The van der Waals surface area contributed by atoms with Crippen LogP contribution in [0.25, 0.3) is 133 Å². The molecule has 0 fully saturated rings. The molecular formula is C59H35N5O. The third-order valence-corrected chi connectivity index (χ3v) is 13.1. The van der Waals surface area contributed by atoms with E-state index in [2.05, 4.69) is 191 Å². The van der Waals surface area contributed by atoms with Gasteiger partial charge in [-0.2, -0.15) is 0 Å². The highest BCUT2D eigenvalue weighted by atomic mass is 16.3. The summed E-state index contributed by atoms with van der Waals surface area (Å²) < 4.78 is 11.4. The number of rotatable bonds is 5. The van der Waals surface area contributed by atoms with Crippen molar-refractivity contribution in [2.75, 3.05) is 0 Å². The van der Waals surface area contributed by atoms with E-state index in [4.69, 9.17) is 19.4 Å². The molecule has 0 aliphatic carbocycles. The summed E-state index contributed by atoms with van der Waals surface area (Å²) in [6, 6.07) is 75.0. The summed E-state index contributed by atoms with van der Waals surface area (Å²) in [5, 5.41) is 11.3. The van der Waals surface area contributed by atoms with E-state index < -0.39 is 0 Å². The van der Waals surface area contributed by atoms with E-state index in [1.165, 1.54) is 26.9 Å². The Bertz CT molecular complexity index is 4240. The standard InChI is InChI=1S/C59H35N5O/c1-3-16-37(17-4-1)57-60-58(40-28-30-49-46(34-40)43-23-11-13-25-48(43)63(49)41-20-5-2-6-21-41)62-59(61-57)55-50(31-32-53-54(55)45-24-12-14-26-52(45)65-53)64-51-35-39-19-8-7-18-38(39)33-47(51)44-29-27-36-15-9-10-22-42(36)56(44)64/h1-35H. The molecule has 4 aromatic heterocycles. The first-order valence-electron chi connectivity index (χ1n) is 21.9. The van der Waals surface area contributed by atoms with Crippen molar-refractivity contribution in [1.29, 1.82) is 0 Å². The molecule has 0 aliphatic heterocycles. The maximum atomic E-state index is 6.66. The van der Waals surface area contributed by atoms with E-state index in [-0.39, 0.29) is 0 Å². The van der Waals surface area contributed by atoms with Crippen LogP contribution in [0.3, 0.4) is 0 Å². The molecule has 65 heavy (non-hydrogen) atoms. The van der Waals surface area contributed by atoms with Crippen LogP contribution < -0.4 is 0 Å². The lowest BCUT2D eigenvalue weighted by Gasteiger charge is -2.17. The Morgan fingerprint density at radius 1 is 0.338 bits per heavy atom. The molecule has 0 atom stereocenters. The first-order valence-corrected chi connectivity index (χ1v) is 21.9. The van der Waals surface area contributed by atoms with Crippen LogP contribution in [0.1, 0.15) is 0 Å². The molecule has 0 spiro atoms. The van der Waals surface area contributed by atoms with Crippen molar-refractivity contribution in [3.05, 3.63) is 212 Å². The summed E-state index contributed by atoms with van der Waals surface area (Å²) >= 11 is 0. The van der Waals surface area contributed by atoms with Crippen molar-refractivity contribution >= 4 is 87.1 Å². The van der Waals surface area contributed by atoms with Crippen LogP contribution in [0.2, 0.25) is 0 Å². The zero-order chi connectivity index (χ0) is 42.6. The summed E-state index contributed by atoms with van der Waals surface area (Å²) in [4.78, 5) is 16.3. The van der Waals surface area contributed by atoms with Crippen molar-refractivity contribution < 1.29 is 4.42 Å². The Hall–Kier alpha value is -8.87. The molecule has 10 aromatic carbocycles. The molecule has 6 heteroatoms. The first-order chi connectivity index (χ1) is 32.2. The normalized spacial score (nSPS) is 12.0. The van der Waals surface area contributed by atoms with Crippen molar-refractivity contribution in [2.24, 2.45) is 0 Å². The first kappa shape index (κ1) is 35.7. The van der Waals surface area contributed by atoms with Crippen LogP contribution in [-0.2, 0) is 0 Å². The molecule has 4 heterocycles. The van der Waals surface area contributed by atoms with Crippen molar-refractivity contribution in [3.8, 4) is 45.5 Å². The van der Waals surface area contributed by atoms with E-state index in [1.54, 1.807) is 0 Å². The molecule has 14 rings (SSSR count). The Morgan fingerprint density at radius 2 is 0.969 bits per heavy atom. The number of furan rings is 1. The van der Waals surface area contributed by atoms with E-state index in [0.29, 0.717) is 17.5 Å². The Kier molecular flexibility index (Phi) is 7.59. The van der Waals surface area contributed by atoms with Crippen LogP contribution in [0.5, 0.6) is 0 Å². The van der Waals surface area contributed by atoms with Gasteiger partial charge in [-0.25, -0.2) is 15.0 Å². The average Bonchev–Trinajstić information content (AvgIpc) is 4.03. The smallest absolute Gasteiger partial charge is 0.166 e. The second-order valence-electron chi connectivity index (χ2n) is 16.8. The second kappa shape index (κ2) is 13.8. The number of aromatic nitrogens is 5. The molecule has 6 nitrogen and oxygen atoms in total. The molecule has 0 saturated carbocycles. The molecule has 14 aromatic rings. The number of nitrogens with zero attached hydrogens (tertiary/aromatic N) is 5. The van der Waals surface area contributed by atoms with Gasteiger partial charge in [0.1, 0.15) is 11.2 Å².